The number of hydrogen-bond acceptors (Lipinski definition) is 6. The average molecular weight is 490 g/mol. The van der Waals surface area contributed by atoms with Gasteiger partial charge in [0.05, 0.1) is 28.9 Å². The maximum atomic E-state index is 13.3. The van der Waals surface area contributed by atoms with Gasteiger partial charge in [-0.2, -0.15) is 0 Å². The average Bonchev–Trinajstić information content (AvgIpc) is 3.35. The standard InChI is InChI=1S/C23H21ClFN3O4S/c1-31-21-10-15(2-5-20(21)32-12-17-13-33-14-26-17)22(29)27-6-8-28(9-7-27)23(30)18-4-3-16(25)11-19(18)24/h2-5,10-11,13-14H,6-9,12H2,1H3. The first-order valence-electron chi connectivity index (χ1n) is 10.2. The van der Waals surface area contributed by atoms with E-state index in [0.717, 1.165) is 11.8 Å². The number of piperazine rings is 1. The van der Waals surface area contributed by atoms with E-state index in [1.54, 1.807) is 33.5 Å². The van der Waals surface area contributed by atoms with Crippen molar-refractivity contribution >= 4 is 34.8 Å². The number of methoxy groups -OCH3 is 1. The lowest BCUT2D eigenvalue weighted by Crippen LogP contribution is -2.50. The Hall–Kier alpha value is -3.17. The zero-order valence-corrected chi connectivity index (χ0v) is 19.4. The number of rotatable bonds is 6. The van der Waals surface area contributed by atoms with Crippen LogP contribution in [0.1, 0.15) is 26.4 Å². The summed E-state index contributed by atoms with van der Waals surface area (Å²) >= 11 is 7.51. The van der Waals surface area contributed by atoms with Crippen molar-refractivity contribution in [1.29, 1.82) is 0 Å². The maximum Gasteiger partial charge on any atom is 0.255 e. The van der Waals surface area contributed by atoms with Crippen LogP contribution in [-0.4, -0.2) is 59.9 Å². The Kier molecular flexibility index (Phi) is 7.10. The highest BCUT2D eigenvalue weighted by molar-refractivity contribution is 7.07. The molecule has 1 aliphatic rings. The van der Waals surface area contributed by atoms with Crippen molar-refractivity contribution in [3.05, 3.63) is 74.9 Å². The minimum absolute atomic E-state index is 0.0719. The van der Waals surface area contributed by atoms with Crippen LogP contribution in [0.2, 0.25) is 5.02 Å². The molecule has 0 saturated carbocycles. The molecule has 2 heterocycles. The van der Waals surface area contributed by atoms with Crippen molar-refractivity contribution in [3.8, 4) is 11.5 Å². The number of hydrogen-bond donors (Lipinski definition) is 0. The molecule has 0 atom stereocenters. The van der Waals surface area contributed by atoms with Crippen LogP contribution in [-0.2, 0) is 6.61 Å². The molecule has 0 spiro atoms. The molecule has 2 amide bonds. The van der Waals surface area contributed by atoms with Gasteiger partial charge in [0.1, 0.15) is 12.4 Å². The second kappa shape index (κ2) is 10.2. The number of carbonyl (C=O) groups excluding carboxylic acids is 2. The molecule has 4 rings (SSSR count). The van der Waals surface area contributed by atoms with E-state index in [-0.39, 0.29) is 22.4 Å². The fraction of sp³-hybridized carbons (Fsp3) is 0.261. The van der Waals surface area contributed by atoms with Crippen molar-refractivity contribution < 1.29 is 23.5 Å². The third kappa shape index (κ3) is 5.26. The minimum Gasteiger partial charge on any atom is -0.493 e. The molecule has 1 fully saturated rings. The van der Waals surface area contributed by atoms with Gasteiger partial charge in [-0.05, 0) is 36.4 Å². The van der Waals surface area contributed by atoms with Gasteiger partial charge in [0.25, 0.3) is 11.8 Å². The number of amides is 2. The van der Waals surface area contributed by atoms with Crippen LogP contribution in [0.4, 0.5) is 4.39 Å². The van der Waals surface area contributed by atoms with E-state index in [0.29, 0.717) is 49.8 Å². The van der Waals surface area contributed by atoms with Gasteiger partial charge in [0.15, 0.2) is 11.5 Å². The Morgan fingerprint density at radius 3 is 2.42 bits per heavy atom. The number of carbonyl (C=O) groups is 2. The van der Waals surface area contributed by atoms with Gasteiger partial charge >= 0.3 is 0 Å². The van der Waals surface area contributed by atoms with Crippen molar-refractivity contribution in [2.45, 2.75) is 6.61 Å². The highest BCUT2D eigenvalue weighted by Crippen LogP contribution is 2.29. The van der Waals surface area contributed by atoms with Crippen LogP contribution in [0.3, 0.4) is 0 Å². The minimum atomic E-state index is -0.498. The molecule has 10 heteroatoms. The Morgan fingerprint density at radius 1 is 1.06 bits per heavy atom. The summed E-state index contributed by atoms with van der Waals surface area (Å²) in [7, 11) is 1.52. The topological polar surface area (TPSA) is 72.0 Å². The summed E-state index contributed by atoms with van der Waals surface area (Å²) in [5, 5.41) is 1.97. The monoisotopic (exact) mass is 489 g/mol. The third-order valence-corrected chi connectivity index (χ3v) is 6.23. The number of thiazole rings is 1. The quantitative estimate of drug-likeness (QED) is 0.521. The molecule has 33 heavy (non-hydrogen) atoms. The van der Waals surface area contributed by atoms with Gasteiger partial charge in [-0.25, -0.2) is 9.37 Å². The predicted molar refractivity (Wildman–Crippen MR) is 123 cm³/mol. The number of ether oxygens (including phenoxy) is 2. The van der Waals surface area contributed by atoms with Crippen LogP contribution < -0.4 is 9.47 Å². The highest BCUT2D eigenvalue weighted by Gasteiger charge is 2.27. The molecule has 0 bridgehead atoms. The summed E-state index contributed by atoms with van der Waals surface area (Å²) in [6.07, 6.45) is 0. The van der Waals surface area contributed by atoms with Crippen molar-refractivity contribution in [3.63, 3.8) is 0 Å². The fourth-order valence-electron chi connectivity index (χ4n) is 3.51. The summed E-state index contributed by atoms with van der Waals surface area (Å²) in [5.41, 5.74) is 3.26. The molecule has 0 N–H and O–H groups in total. The van der Waals surface area contributed by atoms with Crippen LogP contribution >= 0.6 is 22.9 Å². The van der Waals surface area contributed by atoms with Crippen LogP contribution in [0.25, 0.3) is 0 Å². The van der Waals surface area contributed by atoms with Gasteiger partial charge in [-0.1, -0.05) is 11.6 Å². The molecule has 1 saturated heterocycles. The Labute approximate surface area is 199 Å². The number of benzene rings is 2. The number of halogens is 2. The zero-order chi connectivity index (χ0) is 23.4. The predicted octanol–water partition coefficient (Wildman–Crippen LogP) is 4.12. The second-order valence-electron chi connectivity index (χ2n) is 7.34. The Morgan fingerprint density at radius 2 is 1.79 bits per heavy atom. The largest absolute Gasteiger partial charge is 0.493 e. The van der Waals surface area contributed by atoms with Crippen LogP contribution in [0.15, 0.2) is 47.3 Å². The maximum absolute atomic E-state index is 13.3. The first-order valence-corrected chi connectivity index (χ1v) is 11.5. The first kappa shape index (κ1) is 23.0. The molecular weight excluding hydrogens is 469 g/mol. The second-order valence-corrected chi connectivity index (χ2v) is 8.47. The van der Waals surface area contributed by atoms with E-state index >= 15 is 0 Å². The lowest BCUT2D eigenvalue weighted by molar-refractivity contribution is 0.0535. The van der Waals surface area contributed by atoms with Crippen molar-refractivity contribution in [2.75, 3.05) is 33.3 Å². The molecule has 1 aromatic heterocycles. The summed E-state index contributed by atoms with van der Waals surface area (Å²) in [6.45, 7) is 1.75. The van der Waals surface area contributed by atoms with Crippen LogP contribution in [0.5, 0.6) is 11.5 Å². The lowest BCUT2D eigenvalue weighted by atomic mass is 10.1. The van der Waals surface area contributed by atoms with E-state index in [2.05, 4.69) is 4.98 Å². The summed E-state index contributed by atoms with van der Waals surface area (Å²) < 4.78 is 24.4. The van der Waals surface area contributed by atoms with Gasteiger partial charge in [-0.3, -0.25) is 9.59 Å². The van der Waals surface area contributed by atoms with Gasteiger partial charge in [-0.15, -0.1) is 11.3 Å². The molecule has 2 aromatic carbocycles. The number of aromatic nitrogens is 1. The molecule has 0 aliphatic carbocycles. The number of nitrogens with zero attached hydrogens (tertiary/aromatic N) is 3. The van der Waals surface area contributed by atoms with Gasteiger partial charge < -0.3 is 19.3 Å². The SMILES string of the molecule is COc1cc(C(=O)N2CCN(C(=O)c3ccc(F)cc3Cl)CC2)ccc1OCc1cscn1. The van der Waals surface area contributed by atoms with Gasteiger partial charge in [0, 0.05) is 37.1 Å². The molecule has 7 nitrogen and oxygen atoms in total. The lowest BCUT2D eigenvalue weighted by Gasteiger charge is -2.35. The van der Waals surface area contributed by atoms with Crippen molar-refractivity contribution in [2.24, 2.45) is 0 Å². The normalized spacial score (nSPS) is 13.7. The van der Waals surface area contributed by atoms with E-state index in [9.17, 15) is 14.0 Å². The first-order chi connectivity index (χ1) is 16.0. The zero-order valence-electron chi connectivity index (χ0n) is 17.8. The van der Waals surface area contributed by atoms with Gasteiger partial charge in [0.2, 0.25) is 0 Å². The highest BCUT2D eigenvalue weighted by atomic mass is 35.5. The van der Waals surface area contributed by atoms with E-state index < -0.39 is 5.82 Å². The molecule has 0 unspecified atom stereocenters. The molecule has 0 radical (unpaired) electrons. The van der Waals surface area contributed by atoms with Crippen molar-refractivity contribution in [1.82, 2.24) is 14.8 Å². The summed E-state index contributed by atoms with van der Waals surface area (Å²) in [5.74, 6) is 0.0353. The smallest absolute Gasteiger partial charge is 0.255 e. The molecule has 1 aliphatic heterocycles. The molecule has 172 valence electrons. The van der Waals surface area contributed by atoms with E-state index in [1.165, 1.54) is 30.6 Å². The van der Waals surface area contributed by atoms with E-state index in [1.807, 2.05) is 5.38 Å². The Bertz CT molecular complexity index is 1150. The van der Waals surface area contributed by atoms with E-state index in [4.69, 9.17) is 21.1 Å². The fourth-order valence-corrected chi connectivity index (χ4v) is 4.30. The summed E-state index contributed by atoms with van der Waals surface area (Å²) in [6, 6.07) is 8.74. The third-order valence-electron chi connectivity index (χ3n) is 5.29. The van der Waals surface area contributed by atoms with Crippen LogP contribution in [0, 0.1) is 5.82 Å². The molecular formula is C23H21ClFN3O4S. The molecule has 3 aromatic rings. The Balaban J connectivity index is 1.38. The summed E-state index contributed by atoms with van der Waals surface area (Å²) in [4.78, 5) is 33.2.